The zero-order valence-corrected chi connectivity index (χ0v) is 12.9. The molecule has 2 rings (SSSR count). The average molecular weight is 304 g/mol. The maximum absolute atomic E-state index is 11.1. The van der Waals surface area contributed by atoms with Gasteiger partial charge in [0.15, 0.2) is 0 Å². The molecule has 1 N–H and O–H groups in total. The molecule has 0 fully saturated rings. The van der Waals surface area contributed by atoms with E-state index in [2.05, 4.69) is 28.5 Å². The number of nitrogens with zero attached hydrogens (tertiary/aromatic N) is 2. The van der Waals surface area contributed by atoms with Crippen LogP contribution in [0, 0.1) is 5.41 Å². The molecule has 0 saturated heterocycles. The Morgan fingerprint density at radius 3 is 2.68 bits per heavy atom. The largest absolute Gasteiger partial charge is 0.236 e. The Bertz CT molecular complexity index is 599. The number of aryl methyl sites for hydroxylation is 1. The third-order valence-corrected chi connectivity index (χ3v) is 4.26. The van der Waals surface area contributed by atoms with E-state index >= 15 is 0 Å². The maximum atomic E-state index is 11.1. The summed E-state index contributed by atoms with van der Waals surface area (Å²) in [6, 6.07) is 0. The van der Waals surface area contributed by atoms with Crippen LogP contribution in [0.15, 0.2) is 0 Å². The van der Waals surface area contributed by atoms with Crippen LogP contribution in [0.3, 0.4) is 0 Å². The second-order valence-corrected chi connectivity index (χ2v) is 7.98. The molecule has 7 heteroatoms. The number of aromatic nitrogens is 2. The molecule has 1 heterocycles. The molecule has 0 spiro atoms. The van der Waals surface area contributed by atoms with Gasteiger partial charge in [0.25, 0.3) is 0 Å². The van der Waals surface area contributed by atoms with E-state index in [0.717, 1.165) is 36.8 Å². The summed E-state index contributed by atoms with van der Waals surface area (Å²) in [7, 11) is -3.25. The van der Waals surface area contributed by atoms with Gasteiger partial charge in [-0.1, -0.05) is 25.4 Å². The number of hydrogen-bond donors (Lipinski definition) is 1. The molecular weight excluding hydrogens is 286 g/mol. The van der Waals surface area contributed by atoms with E-state index in [-0.39, 0.29) is 12.0 Å². The molecule has 0 radical (unpaired) electrons. The Kier molecular flexibility index (Phi) is 3.86. The first-order valence-electron chi connectivity index (χ1n) is 6.15. The van der Waals surface area contributed by atoms with Gasteiger partial charge in [0, 0.05) is 11.3 Å². The number of hydrogen-bond acceptors (Lipinski definition) is 4. The van der Waals surface area contributed by atoms with Gasteiger partial charge in [-0.15, -0.1) is 0 Å². The van der Waals surface area contributed by atoms with Crippen molar-refractivity contribution in [2.24, 2.45) is 5.41 Å². The molecule has 0 atom stereocenters. The van der Waals surface area contributed by atoms with E-state index in [0.29, 0.717) is 11.0 Å². The summed E-state index contributed by atoms with van der Waals surface area (Å²) in [5.41, 5.74) is 2.16. The van der Waals surface area contributed by atoms with Crippen molar-refractivity contribution in [2.45, 2.75) is 39.7 Å². The molecule has 0 bridgehead atoms. The van der Waals surface area contributed by atoms with Crippen molar-refractivity contribution in [2.75, 3.05) is 6.26 Å². The third-order valence-electron chi connectivity index (χ3n) is 3.27. The van der Waals surface area contributed by atoms with Crippen LogP contribution in [0.2, 0.25) is 5.15 Å². The third kappa shape index (κ3) is 3.87. The Morgan fingerprint density at radius 2 is 2.05 bits per heavy atom. The van der Waals surface area contributed by atoms with Crippen molar-refractivity contribution in [3.63, 3.8) is 0 Å². The van der Waals surface area contributed by atoms with Crippen molar-refractivity contribution < 1.29 is 8.42 Å². The Hall–Kier alpha value is -0.720. The number of sulfonamides is 1. The van der Waals surface area contributed by atoms with Gasteiger partial charge in [0.2, 0.25) is 10.0 Å². The van der Waals surface area contributed by atoms with E-state index in [4.69, 9.17) is 11.6 Å². The molecular formula is C12H18ClN3O2S. The fraction of sp³-hybridized carbons (Fsp3) is 0.667. The predicted octanol–water partition coefficient (Wildman–Crippen LogP) is 1.69. The minimum absolute atomic E-state index is 0.0786. The minimum Gasteiger partial charge on any atom is -0.236 e. The highest BCUT2D eigenvalue weighted by Crippen LogP contribution is 2.36. The highest BCUT2D eigenvalue weighted by atomic mass is 35.5. The van der Waals surface area contributed by atoms with Gasteiger partial charge in [-0.3, -0.25) is 0 Å². The van der Waals surface area contributed by atoms with Crippen LogP contribution in [0.1, 0.15) is 37.4 Å². The van der Waals surface area contributed by atoms with Gasteiger partial charge in [-0.2, -0.15) is 0 Å². The summed E-state index contributed by atoms with van der Waals surface area (Å²) < 4.78 is 24.5. The molecule has 0 amide bonds. The number of halogens is 1. The van der Waals surface area contributed by atoms with E-state index in [1.165, 1.54) is 0 Å². The normalized spacial score (nSPS) is 18.1. The first-order chi connectivity index (χ1) is 8.66. The quantitative estimate of drug-likeness (QED) is 0.863. The van der Waals surface area contributed by atoms with Crippen LogP contribution in [0.25, 0.3) is 0 Å². The van der Waals surface area contributed by atoms with Crippen molar-refractivity contribution in [1.82, 2.24) is 14.7 Å². The molecule has 0 unspecified atom stereocenters. The van der Waals surface area contributed by atoms with Crippen LogP contribution >= 0.6 is 11.6 Å². The van der Waals surface area contributed by atoms with Gasteiger partial charge in [-0.25, -0.2) is 23.1 Å². The molecule has 0 aromatic carbocycles. The lowest BCUT2D eigenvalue weighted by molar-refractivity contribution is 0.311. The molecule has 1 aromatic heterocycles. The van der Waals surface area contributed by atoms with Gasteiger partial charge in [-0.05, 0) is 24.7 Å². The summed E-state index contributed by atoms with van der Waals surface area (Å²) in [6.07, 6.45) is 3.87. The van der Waals surface area contributed by atoms with E-state index < -0.39 is 10.0 Å². The zero-order chi connectivity index (χ0) is 14.3. The lowest BCUT2D eigenvalue weighted by Gasteiger charge is -2.31. The number of nitrogens with one attached hydrogen (secondary N) is 1. The molecule has 1 aliphatic rings. The summed E-state index contributed by atoms with van der Waals surface area (Å²) in [6.45, 7) is 4.48. The highest BCUT2D eigenvalue weighted by molar-refractivity contribution is 7.88. The molecule has 1 aliphatic carbocycles. The summed E-state index contributed by atoms with van der Waals surface area (Å²) in [5.74, 6) is 0.425. The van der Waals surface area contributed by atoms with Gasteiger partial charge >= 0.3 is 0 Å². The molecule has 106 valence electrons. The average Bonchev–Trinajstić information content (AvgIpc) is 2.26. The number of rotatable bonds is 3. The van der Waals surface area contributed by atoms with Crippen LogP contribution < -0.4 is 4.72 Å². The van der Waals surface area contributed by atoms with Crippen LogP contribution in [0.5, 0.6) is 0 Å². The monoisotopic (exact) mass is 303 g/mol. The summed E-state index contributed by atoms with van der Waals surface area (Å²) >= 11 is 6.20. The van der Waals surface area contributed by atoms with Crippen molar-refractivity contribution in [1.29, 1.82) is 0 Å². The molecule has 19 heavy (non-hydrogen) atoms. The van der Waals surface area contributed by atoms with E-state index in [9.17, 15) is 8.42 Å². The lowest BCUT2D eigenvalue weighted by Crippen LogP contribution is -2.26. The van der Waals surface area contributed by atoms with Gasteiger partial charge < -0.3 is 0 Å². The maximum Gasteiger partial charge on any atom is 0.209 e. The highest BCUT2D eigenvalue weighted by Gasteiger charge is 2.28. The van der Waals surface area contributed by atoms with Crippen molar-refractivity contribution >= 4 is 21.6 Å². The predicted molar refractivity (Wildman–Crippen MR) is 74.5 cm³/mol. The van der Waals surface area contributed by atoms with Crippen LogP contribution in [-0.2, 0) is 29.4 Å². The number of fused-ring (bicyclic) bond motifs is 1. The molecule has 0 aliphatic heterocycles. The van der Waals surface area contributed by atoms with E-state index in [1.807, 2.05) is 0 Å². The molecule has 0 saturated carbocycles. The first-order valence-corrected chi connectivity index (χ1v) is 8.42. The van der Waals surface area contributed by atoms with Gasteiger partial charge in [0.05, 0.1) is 12.8 Å². The van der Waals surface area contributed by atoms with E-state index in [1.54, 1.807) is 0 Å². The summed E-state index contributed by atoms with van der Waals surface area (Å²) in [4.78, 5) is 8.60. The van der Waals surface area contributed by atoms with Crippen molar-refractivity contribution in [3.8, 4) is 0 Å². The second-order valence-electron chi connectivity index (χ2n) is 5.79. The second kappa shape index (κ2) is 5.00. The SMILES string of the molecule is CC1(C)CCc2nc(CNS(C)(=O)=O)nc(Cl)c2C1. The fourth-order valence-electron chi connectivity index (χ4n) is 2.23. The topological polar surface area (TPSA) is 72.0 Å². The van der Waals surface area contributed by atoms with Gasteiger partial charge in [0.1, 0.15) is 11.0 Å². The smallest absolute Gasteiger partial charge is 0.209 e. The molecule has 5 nitrogen and oxygen atoms in total. The fourth-order valence-corrected chi connectivity index (χ4v) is 2.89. The van der Waals surface area contributed by atoms with Crippen molar-refractivity contribution in [3.05, 3.63) is 22.2 Å². The van der Waals surface area contributed by atoms with Crippen LogP contribution in [-0.4, -0.2) is 24.6 Å². The summed E-state index contributed by atoms with van der Waals surface area (Å²) in [5, 5.41) is 0.447. The first kappa shape index (κ1) is 14.7. The Labute approximate surface area is 118 Å². The lowest BCUT2D eigenvalue weighted by atomic mass is 9.76. The van der Waals surface area contributed by atoms with Crippen LogP contribution in [0.4, 0.5) is 0 Å². The molecule has 1 aromatic rings. The standard InChI is InChI=1S/C12H18ClN3O2S/c1-12(2)5-4-9-8(6-12)11(13)16-10(15-9)7-14-19(3,17)18/h14H,4-7H2,1-3H3. The zero-order valence-electron chi connectivity index (χ0n) is 11.3. The Morgan fingerprint density at radius 1 is 1.37 bits per heavy atom. The minimum atomic E-state index is -3.25. The Balaban J connectivity index is 2.25.